The van der Waals surface area contributed by atoms with Gasteiger partial charge in [0.2, 0.25) is 0 Å². The molecule has 0 saturated carbocycles. The number of fused-ring (bicyclic) bond motifs is 1. The minimum atomic E-state index is -0.510. The molecule has 142 valence electrons. The zero-order chi connectivity index (χ0) is 19.5. The second-order valence-corrected chi connectivity index (χ2v) is 7.04. The van der Waals surface area contributed by atoms with Crippen LogP contribution in [0.1, 0.15) is 27.0 Å². The largest absolute Gasteiger partial charge is 0.388 e. The quantitative estimate of drug-likeness (QED) is 0.692. The van der Waals surface area contributed by atoms with E-state index in [1.54, 1.807) is 23.0 Å². The van der Waals surface area contributed by atoms with E-state index in [1.165, 1.54) is 0 Å². The first kappa shape index (κ1) is 18.3. The fraction of sp³-hybridized carbons (Fsp3) is 0.227. The summed E-state index contributed by atoms with van der Waals surface area (Å²) in [6.45, 7) is 1.10. The highest BCUT2D eigenvalue weighted by atomic mass is 16.3. The van der Waals surface area contributed by atoms with E-state index >= 15 is 0 Å². The molecule has 0 aliphatic carbocycles. The first-order chi connectivity index (χ1) is 13.6. The SMILES string of the molecule is O=C1Cc2ccc(C(=O)CO)cc2CN(Cc2ccc(-n3cccn3)cc2)C1. The number of Topliss-reactive ketones (excluding diaryl/α,β-unsaturated/α-hetero) is 2. The molecule has 0 fully saturated rings. The topological polar surface area (TPSA) is 75.4 Å². The van der Waals surface area contributed by atoms with E-state index in [4.69, 9.17) is 5.11 Å². The van der Waals surface area contributed by atoms with Crippen LogP contribution in [0.3, 0.4) is 0 Å². The maximum atomic E-state index is 12.4. The van der Waals surface area contributed by atoms with Crippen LogP contribution >= 0.6 is 0 Å². The second-order valence-electron chi connectivity index (χ2n) is 7.04. The molecule has 3 aromatic rings. The van der Waals surface area contributed by atoms with E-state index in [2.05, 4.69) is 10.00 Å². The summed E-state index contributed by atoms with van der Waals surface area (Å²) >= 11 is 0. The molecular weight excluding hydrogens is 354 g/mol. The third kappa shape index (κ3) is 3.93. The van der Waals surface area contributed by atoms with Crippen LogP contribution in [0.2, 0.25) is 0 Å². The lowest BCUT2D eigenvalue weighted by atomic mass is 9.99. The molecule has 0 spiro atoms. The van der Waals surface area contributed by atoms with Crippen molar-refractivity contribution in [2.24, 2.45) is 0 Å². The van der Waals surface area contributed by atoms with E-state index in [0.717, 1.165) is 22.4 Å². The molecule has 0 amide bonds. The highest BCUT2D eigenvalue weighted by Crippen LogP contribution is 2.21. The Morgan fingerprint density at radius 1 is 1.07 bits per heavy atom. The molecule has 0 radical (unpaired) electrons. The third-order valence-corrected chi connectivity index (χ3v) is 4.96. The van der Waals surface area contributed by atoms with Gasteiger partial charge in [-0.2, -0.15) is 5.10 Å². The van der Waals surface area contributed by atoms with Crippen molar-refractivity contribution in [3.8, 4) is 5.69 Å². The number of carbonyl (C=O) groups excluding carboxylic acids is 2. The maximum absolute atomic E-state index is 12.4. The van der Waals surface area contributed by atoms with Crippen molar-refractivity contribution in [2.75, 3.05) is 13.2 Å². The minimum absolute atomic E-state index is 0.160. The Morgan fingerprint density at radius 3 is 2.61 bits per heavy atom. The van der Waals surface area contributed by atoms with Gasteiger partial charge in [-0.3, -0.25) is 14.5 Å². The monoisotopic (exact) mass is 375 g/mol. The van der Waals surface area contributed by atoms with Crippen LogP contribution in [0.4, 0.5) is 0 Å². The van der Waals surface area contributed by atoms with Crippen LogP contribution in [-0.4, -0.2) is 44.5 Å². The molecule has 0 atom stereocenters. The fourth-order valence-electron chi connectivity index (χ4n) is 3.57. The van der Waals surface area contributed by atoms with Gasteiger partial charge in [-0.05, 0) is 41.0 Å². The smallest absolute Gasteiger partial charge is 0.188 e. The highest BCUT2D eigenvalue weighted by Gasteiger charge is 2.21. The van der Waals surface area contributed by atoms with Gasteiger partial charge in [-0.15, -0.1) is 0 Å². The van der Waals surface area contributed by atoms with E-state index < -0.39 is 6.61 Å². The van der Waals surface area contributed by atoms with Crippen LogP contribution in [0.5, 0.6) is 0 Å². The number of benzene rings is 2. The average Bonchev–Trinajstić information content (AvgIpc) is 3.18. The molecular formula is C22H21N3O3. The Bertz CT molecular complexity index is 994. The molecule has 0 bridgehead atoms. The average molecular weight is 375 g/mol. The van der Waals surface area contributed by atoms with Crippen molar-refractivity contribution < 1.29 is 14.7 Å². The van der Waals surface area contributed by atoms with Gasteiger partial charge < -0.3 is 5.11 Å². The fourth-order valence-corrected chi connectivity index (χ4v) is 3.57. The molecule has 28 heavy (non-hydrogen) atoms. The van der Waals surface area contributed by atoms with Crippen LogP contribution in [-0.2, 0) is 24.3 Å². The molecule has 1 aromatic heterocycles. The summed E-state index contributed by atoms with van der Waals surface area (Å²) in [7, 11) is 0. The van der Waals surface area contributed by atoms with Gasteiger partial charge in [0.15, 0.2) is 11.6 Å². The standard InChI is InChI=1S/C22H21N3O3/c26-15-22(28)18-5-4-17-11-21(27)14-24(13-19(17)10-18)12-16-2-6-20(7-3-16)25-9-1-8-23-25/h1-10,26H,11-15H2. The molecule has 1 N–H and O–H groups in total. The van der Waals surface area contributed by atoms with Gasteiger partial charge in [0.05, 0.1) is 12.2 Å². The van der Waals surface area contributed by atoms with E-state index in [1.807, 2.05) is 42.6 Å². The molecule has 1 aliphatic heterocycles. The number of carbonyl (C=O) groups is 2. The summed E-state index contributed by atoms with van der Waals surface area (Å²) in [5.41, 5.74) is 4.50. The zero-order valence-corrected chi connectivity index (χ0v) is 15.4. The van der Waals surface area contributed by atoms with Crippen molar-refractivity contribution in [2.45, 2.75) is 19.5 Å². The summed E-state index contributed by atoms with van der Waals surface area (Å²) < 4.78 is 1.80. The Labute approximate surface area is 163 Å². The van der Waals surface area contributed by atoms with Crippen LogP contribution in [0.25, 0.3) is 5.69 Å². The first-order valence-corrected chi connectivity index (χ1v) is 9.21. The summed E-state index contributed by atoms with van der Waals surface area (Å²) in [4.78, 5) is 26.3. The molecule has 2 heterocycles. The third-order valence-electron chi connectivity index (χ3n) is 4.96. The van der Waals surface area contributed by atoms with E-state index in [-0.39, 0.29) is 11.6 Å². The van der Waals surface area contributed by atoms with Crippen LogP contribution in [0, 0.1) is 0 Å². The second kappa shape index (κ2) is 7.88. The predicted octanol–water partition coefficient (Wildman–Crippen LogP) is 2.17. The summed E-state index contributed by atoms with van der Waals surface area (Å²) in [6, 6.07) is 15.3. The molecule has 1 aliphatic rings. The lowest BCUT2D eigenvalue weighted by molar-refractivity contribution is -0.119. The van der Waals surface area contributed by atoms with Gasteiger partial charge in [0, 0.05) is 37.5 Å². The molecule has 6 heteroatoms. The summed E-state index contributed by atoms with van der Waals surface area (Å²) in [6.07, 6.45) is 4.01. The molecule has 6 nitrogen and oxygen atoms in total. The molecule has 4 rings (SSSR count). The van der Waals surface area contributed by atoms with Crippen LogP contribution < -0.4 is 0 Å². The molecule has 2 aromatic carbocycles. The predicted molar refractivity (Wildman–Crippen MR) is 104 cm³/mol. The number of hydrogen-bond acceptors (Lipinski definition) is 5. The zero-order valence-electron chi connectivity index (χ0n) is 15.4. The number of nitrogens with zero attached hydrogens (tertiary/aromatic N) is 3. The van der Waals surface area contributed by atoms with Gasteiger partial charge in [0.25, 0.3) is 0 Å². The minimum Gasteiger partial charge on any atom is -0.388 e. The van der Waals surface area contributed by atoms with Crippen molar-refractivity contribution in [1.29, 1.82) is 0 Å². The van der Waals surface area contributed by atoms with Gasteiger partial charge >= 0.3 is 0 Å². The molecule has 0 saturated heterocycles. The van der Waals surface area contributed by atoms with E-state index in [9.17, 15) is 9.59 Å². The number of aliphatic hydroxyl groups is 1. The number of aliphatic hydroxyl groups excluding tert-OH is 1. The number of aromatic nitrogens is 2. The highest BCUT2D eigenvalue weighted by molar-refractivity contribution is 5.97. The Hall–Kier alpha value is -3.09. The number of rotatable bonds is 5. The Morgan fingerprint density at radius 2 is 1.89 bits per heavy atom. The van der Waals surface area contributed by atoms with Crippen molar-refractivity contribution in [3.05, 3.63) is 83.2 Å². The van der Waals surface area contributed by atoms with Crippen molar-refractivity contribution in [1.82, 2.24) is 14.7 Å². The maximum Gasteiger partial charge on any atom is 0.188 e. The van der Waals surface area contributed by atoms with Gasteiger partial charge in [-0.1, -0.05) is 24.3 Å². The lowest BCUT2D eigenvalue weighted by Crippen LogP contribution is -2.27. The van der Waals surface area contributed by atoms with Crippen molar-refractivity contribution >= 4 is 11.6 Å². The Kier molecular flexibility index (Phi) is 5.14. The Balaban J connectivity index is 1.53. The number of hydrogen-bond donors (Lipinski definition) is 1. The number of ketones is 2. The van der Waals surface area contributed by atoms with Gasteiger partial charge in [0.1, 0.15) is 6.61 Å². The van der Waals surface area contributed by atoms with Gasteiger partial charge in [-0.25, -0.2) is 4.68 Å². The normalized spacial score (nSPS) is 14.5. The summed E-state index contributed by atoms with van der Waals surface area (Å²) in [5, 5.41) is 13.3. The van der Waals surface area contributed by atoms with Crippen molar-refractivity contribution in [3.63, 3.8) is 0 Å². The van der Waals surface area contributed by atoms with Crippen LogP contribution in [0.15, 0.2) is 60.9 Å². The van der Waals surface area contributed by atoms with E-state index in [0.29, 0.717) is 31.6 Å². The lowest BCUT2D eigenvalue weighted by Gasteiger charge is -2.20. The summed E-state index contributed by atoms with van der Waals surface area (Å²) in [5.74, 6) is -0.146. The first-order valence-electron chi connectivity index (χ1n) is 9.21. The molecule has 0 unspecified atom stereocenters.